The van der Waals surface area contributed by atoms with Crippen molar-refractivity contribution in [2.75, 3.05) is 20.1 Å². The lowest BCUT2D eigenvalue weighted by Gasteiger charge is -2.34. The van der Waals surface area contributed by atoms with E-state index in [0.717, 1.165) is 12.8 Å². The summed E-state index contributed by atoms with van der Waals surface area (Å²) in [5, 5.41) is 13.2. The van der Waals surface area contributed by atoms with Gasteiger partial charge in [0.1, 0.15) is 12.1 Å². The van der Waals surface area contributed by atoms with E-state index in [1.54, 1.807) is 32.4 Å². The molecule has 0 aromatic carbocycles. The molecule has 0 radical (unpaired) electrons. The first-order valence-corrected chi connectivity index (χ1v) is 7.68. The van der Waals surface area contributed by atoms with E-state index >= 15 is 0 Å². The smallest absolute Gasteiger partial charge is 0.326 e. The van der Waals surface area contributed by atoms with Crippen molar-refractivity contribution in [1.29, 1.82) is 0 Å². The number of aliphatic carboxylic acids is 1. The molecule has 2 unspecified atom stereocenters. The molecule has 2 heterocycles. The molecule has 8 nitrogen and oxygen atoms in total. The molecule has 1 aliphatic rings. The summed E-state index contributed by atoms with van der Waals surface area (Å²) < 4.78 is 1.52. The molecule has 126 valence electrons. The molecule has 1 aromatic heterocycles. The van der Waals surface area contributed by atoms with Crippen LogP contribution < -0.4 is 0 Å². The second-order valence-electron chi connectivity index (χ2n) is 5.79. The van der Waals surface area contributed by atoms with Crippen molar-refractivity contribution in [2.24, 2.45) is 0 Å². The zero-order chi connectivity index (χ0) is 17.0. The molecule has 0 spiro atoms. The van der Waals surface area contributed by atoms with Gasteiger partial charge in [-0.05, 0) is 32.3 Å². The Bertz CT molecular complexity index is 572. The van der Waals surface area contributed by atoms with E-state index in [2.05, 4.69) is 5.10 Å². The highest BCUT2D eigenvalue weighted by molar-refractivity contribution is 5.89. The molecule has 1 fully saturated rings. The van der Waals surface area contributed by atoms with Crippen LogP contribution in [0.3, 0.4) is 0 Å². The summed E-state index contributed by atoms with van der Waals surface area (Å²) in [7, 11) is 1.54. The molecular weight excluding hydrogens is 300 g/mol. The van der Waals surface area contributed by atoms with Gasteiger partial charge in [0.15, 0.2) is 0 Å². The Morgan fingerprint density at radius 1 is 1.39 bits per heavy atom. The van der Waals surface area contributed by atoms with Gasteiger partial charge in [-0.1, -0.05) is 0 Å². The van der Waals surface area contributed by atoms with Gasteiger partial charge in [0.25, 0.3) is 0 Å². The van der Waals surface area contributed by atoms with E-state index in [9.17, 15) is 19.5 Å². The van der Waals surface area contributed by atoms with Crippen molar-refractivity contribution in [2.45, 2.75) is 38.3 Å². The molecule has 8 heteroatoms. The molecule has 1 saturated heterocycles. The molecule has 2 atom stereocenters. The summed E-state index contributed by atoms with van der Waals surface area (Å²) in [6.45, 7) is 2.00. The van der Waals surface area contributed by atoms with Crippen molar-refractivity contribution in [3.05, 3.63) is 18.5 Å². The fourth-order valence-corrected chi connectivity index (χ4v) is 2.80. The normalized spacial score (nSPS) is 19.2. The largest absolute Gasteiger partial charge is 0.480 e. The van der Waals surface area contributed by atoms with E-state index in [1.807, 2.05) is 0 Å². The Morgan fingerprint density at radius 3 is 2.74 bits per heavy atom. The van der Waals surface area contributed by atoms with Gasteiger partial charge >= 0.3 is 5.97 Å². The number of amides is 2. The van der Waals surface area contributed by atoms with Crippen LogP contribution >= 0.6 is 0 Å². The standard InChI is InChI=1S/C15H22N4O4/c1-11(19-9-5-7-16-19)14(21)17(2)10-13(20)18-8-4-3-6-12(18)15(22)23/h5,7,9,11-12H,3-4,6,8,10H2,1-2H3,(H,22,23). The fourth-order valence-electron chi connectivity index (χ4n) is 2.80. The zero-order valence-corrected chi connectivity index (χ0v) is 13.4. The quantitative estimate of drug-likeness (QED) is 0.845. The predicted molar refractivity (Wildman–Crippen MR) is 81.6 cm³/mol. The topological polar surface area (TPSA) is 95.7 Å². The number of likely N-dealkylation sites (N-methyl/N-ethyl adjacent to an activating group) is 1. The number of rotatable bonds is 5. The van der Waals surface area contributed by atoms with Crippen LogP contribution in [-0.4, -0.2) is 68.6 Å². The third-order valence-corrected chi connectivity index (χ3v) is 4.14. The number of carbonyl (C=O) groups excluding carboxylic acids is 2. The SMILES string of the molecule is CC(C(=O)N(C)CC(=O)N1CCCCC1C(=O)O)n1cccn1. The van der Waals surface area contributed by atoms with Crippen LogP contribution in [-0.2, 0) is 14.4 Å². The van der Waals surface area contributed by atoms with Crippen LogP contribution in [0.15, 0.2) is 18.5 Å². The Labute approximate surface area is 134 Å². The summed E-state index contributed by atoms with van der Waals surface area (Å²) in [6, 6.07) is 0.419. The number of carbonyl (C=O) groups is 3. The van der Waals surface area contributed by atoms with Gasteiger partial charge in [-0.15, -0.1) is 0 Å². The predicted octanol–water partition coefficient (Wildman–Crippen LogP) is 0.368. The Kier molecular flexibility index (Phi) is 5.36. The van der Waals surface area contributed by atoms with E-state index < -0.39 is 18.1 Å². The third-order valence-electron chi connectivity index (χ3n) is 4.14. The highest BCUT2D eigenvalue weighted by Gasteiger charge is 2.33. The van der Waals surface area contributed by atoms with E-state index in [1.165, 1.54) is 14.5 Å². The van der Waals surface area contributed by atoms with Gasteiger partial charge in [-0.2, -0.15) is 5.10 Å². The molecule has 0 saturated carbocycles. The maximum absolute atomic E-state index is 12.4. The Morgan fingerprint density at radius 2 is 2.13 bits per heavy atom. The van der Waals surface area contributed by atoms with Gasteiger partial charge in [-0.25, -0.2) is 4.79 Å². The first-order valence-electron chi connectivity index (χ1n) is 7.68. The third kappa shape index (κ3) is 3.88. The van der Waals surface area contributed by atoms with Crippen LogP contribution in [0.5, 0.6) is 0 Å². The average molecular weight is 322 g/mol. The van der Waals surface area contributed by atoms with Crippen LogP contribution in [0.25, 0.3) is 0 Å². The first kappa shape index (κ1) is 17.0. The van der Waals surface area contributed by atoms with Crippen molar-refractivity contribution in [3.8, 4) is 0 Å². The molecule has 2 rings (SSSR count). The second-order valence-corrected chi connectivity index (χ2v) is 5.79. The van der Waals surface area contributed by atoms with Crippen molar-refractivity contribution in [1.82, 2.24) is 19.6 Å². The van der Waals surface area contributed by atoms with E-state index in [0.29, 0.717) is 13.0 Å². The van der Waals surface area contributed by atoms with Crippen molar-refractivity contribution in [3.63, 3.8) is 0 Å². The van der Waals surface area contributed by atoms with E-state index in [-0.39, 0.29) is 18.4 Å². The Balaban J connectivity index is 1.98. The molecule has 2 amide bonds. The molecule has 1 aliphatic heterocycles. The number of carboxylic acid groups (broad SMARTS) is 1. The lowest BCUT2D eigenvalue weighted by atomic mass is 10.0. The summed E-state index contributed by atoms with van der Waals surface area (Å²) in [5.74, 6) is -1.57. The minimum absolute atomic E-state index is 0.131. The molecule has 1 aromatic rings. The summed E-state index contributed by atoms with van der Waals surface area (Å²) >= 11 is 0. The van der Waals surface area contributed by atoms with Crippen LogP contribution in [0.1, 0.15) is 32.2 Å². The number of likely N-dealkylation sites (tertiary alicyclic amines) is 1. The summed E-state index contributed by atoms with van der Waals surface area (Å²) in [6.07, 6.45) is 5.31. The fraction of sp³-hybridized carbons (Fsp3) is 0.600. The lowest BCUT2D eigenvalue weighted by Crippen LogP contribution is -2.51. The molecular formula is C15H22N4O4. The average Bonchev–Trinajstić information content (AvgIpc) is 3.07. The van der Waals surface area contributed by atoms with Crippen molar-refractivity contribution >= 4 is 17.8 Å². The molecule has 0 bridgehead atoms. The zero-order valence-electron chi connectivity index (χ0n) is 13.4. The second kappa shape index (κ2) is 7.26. The minimum atomic E-state index is -0.989. The number of aromatic nitrogens is 2. The number of piperidine rings is 1. The summed E-state index contributed by atoms with van der Waals surface area (Å²) in [4.78, 5) is 38.7. The molecule has 23 heavy (non-hydrogen) atoms. The van der Waals surface area contributed by atoms with Crippen molar-refractivity contribution < 1.29 is 19.5 Å². The number of hydrogen-bond donors (Lipinski definition) is 1. The maximum Gasteiger partial charge on any atom is 0.326 e. The minimum Gasteiger partial charge on any atom is -0.480 e. The number of hydrogen-bond acceptors (Lipinski definition) is 4. The number of carboxylic acids is 1. The van der Waals surface area contributed by atoms with E-state index in [4.69, 9.17) is 0 Å². The Hall–Kier alpha value is -2.38. The highest BCUT2D eigenvalue weighted by Crippen LogP contribution is 2.18. The van der Waals surface area contributed by atoms with Crippen LogP contribution in [0.4, 0.5) is 0 Å². The highest BCUT2D eigenvalue weighted by atomic mass is 16.4. The molecule has 1 N–H and O–H groups in total. The molecule has 0 aliphatic carbocycles. The van der Waals surface area contributed by atoms with Crippen LogP contribution in [0.2, 0.25) is 0 Å². The monoisotopic (exact) mass is 322 g/mol. The van der Waals surface area contributed by atoms with Gasteiger partial charge in [-0.3, -0.25) is 14.3 Å². The van der Waals surface area contributed by atoms with Gasteiger partial charge < -0.3 is 14.9 Å². The maximum atomic E-state index is 12.4. The van der Waals surface area contributed by atoms with Gasteiger partial charge in [0, 0.05) is 26.0 Å². The number of nitrogens with zero attached hydrogens (tertiary/aromatic N) is 4. The lowest BCUT2D eigenvalue weighted by molar-refractivity contribution is -0.153. The summed E-state index contributed by atoms with van der Waals surface area (Å²) in [5.41, 5.74) is 0. The van der Waals surface area contributed by atoms with Gasteiger partial charge in [0.2, 0.25) is 11.8 Å². The first-order chi connectivity index (χ1) is 10.9. The van der Waals surface area contributed by atoms with Crippen LogP contribution in [0, 0.1) is 0 Å². The van der Waals surface area contributed by atoms with Gasteiger partial charge in [0.05, 0.1) is 6.54 Å².